The van der Waals surface area contributed by atoms with E-state index in [2.05, 4.69) is 16.9 Å². The molecule has 3 rings (SSSR count). The molecule has 2 unspecified atom stereocenters. The minimum absolute atomic E-state index is 0.372. The number of aliphatic hydroxyl groups excluding tert-OH is 1. The maximum absolute atomic E-state index is 10.4. The molecule has 2 aromatic rings. The summed E-state index contributed by atoms with van der Waals surface area (Å²) in [5.41, 5.74) is 1.66. The fraction of sp³-hybridized carbons (Fsp3) is 0.471. The summed E-state index contributed by atoms with van der Waals surface area (Å²) in [6.07, 6.45) is 3.38. The van der Waals surface area contributed by atoms with E-state index >= 15 is 0 Å². The second-order valence-corrected chi connectivity index (χ2v) is 6.14. The summed E-state index contributed by atoms with van der Waals surface area (Å²) in [7, 11) is 1.91. The van der Waals surface area contributed by atoms with Gasteiger partial charge in [-0.15, -0.1) is 0 Å². The van der Waals surface area contributed by atoms with Crippen LogP contribution in [0.2, 0.25) is 0 Å². The number of hydrogen-bond acceptors (Lipinski definition) is 4. The lowest BCUT2D eigenvalue weighted by Crippen LogP contribution is -2.49. The third kappa shape index (κ3) is 3.21. The van der Waals surface area contributed by atoms with Gasteiger partial charge in [-0.1, -0.05) is 30.3 Å². The molecule has 118 valence electrons. The lowest BCUT2D eigenvalue weighted by molar-refractivity contribution is -0.109. The van der Waals surface area contributed by atoms with E-state index in [1.165, 1.54) is 0 Å². The molecule has 0 saturated carbocycles. The second-order valence-electron chi connectivity index (χ2n) is 6.14. The Balaban J connectivity index is 1.68. The van der Waals surface area contributed by atoms with Crippen molar-refractivity contribution in [3.8, 4) is 0 Å². The summed E-state index contributed by atoms with van der Waals surface area (Å²) >= 11 is 0. The highest BCUT2D eigenvalue weighted by molar-refractivity contribution is 5.19. The van der Waals surface area contributed by atoms with Crippen molar-refractivity contribution >= 4 is 0 Å². The molecule has 1 aromatic heterocycles. The predicted molar refractivity (Wildman–Crippen MR) is 84.4 cm³/mol. The van der Waals surface area contributed by atoms with Gasteiger partial charge in [-0.25, -0.2) is 0 Å². The molecular weight excluding hydrogens is 278 g/mol. The fourth-order valence-electron chi connectivity index (χ4n) is 3.00. The van der Waals surface area contributed by atoms with Crippen LogP contribution in [-0.4, -0.2) is 46.0 Å². The van der Waals surface area contributed by atoms with Crippen molar-refractivity contribution in [3.63, 3.8) is 0 Å². The Bertz CT molecular complexity index is 613. The van der Waals surface area contributed by atoms with E-state index in [4.69, 9.17) is 4.74 Å². The van der Waals surface area contributed by atoms with Gasteiger partial charge in [0.15, 0.2) is 0 Å². The van der Waals surface area contributed by atoms with Gasteiger partial charge in [0.2, 0.25) is 0 Å². The molecule has 0 aliphatic carbocycles. The van der Waals surface area contributed by atoms with Crippen molar-refractivity contribution in [2.75, 3.05) is 26.2 Å². The first-order valence-corrected chi connectivity index (χ1v) is 7.65. The average molecular weight is 301 g/mol. The van der Waals surface area contributed by atoms with Gasteiger partial charge in [-0.2, -0.15) is 5.10 Å². The number of aliphatic hydroxyl groups is 1. The van der Waals surface area contributed by atoms with Crippen molar-refractivity contribution < 1.29 is 9.84 Å². The van der Waals surface area contributed by atoms with Crippen molar-refractivity contribution in [1.82, 2.24) is 14.7 Å². The topological polar surface area (TPSA) is 50.5 Å². The molecule has 5 nitrogen and oxygen atoms in total. The van der Waals surface area contributed by atoms with Gasteiger partial charge >= 0.3 is 0 Å². The van der Waals surface area contributed by atoms with Crippen molar-refractivity contribution in [1.29, 1.82) is 0 Å². The minimum Gasteiger partial charge on any atom is -0.387 e. The van der Waals surface area contributed by atoms with Gasteiger partial charge in [-0.05, 0) is 12.5 Å². The summed E-state index contributed by atoms with van der Waals surface area (Å²) < 4.78 is 7.80. The number of benzene rings is 1. The molecule has 2 atom stereocenters. The SMILES string of the molecule is Cn1cc(C2(C)CN(CC(O)c3ccccc3)CCO2)cn1. The fourth-order valence-corrected chi connectivity index (χ4v) is 3.00. The average Bonchev–Trinajstić information content (AvgIpc) is 2.96. The Morgan fingerprint density at radius 1 is 1.36 bits per heavy atom. The van der Waals surface area contributed by atoms with Gasteiger partial charge in [-0.3, -0.25) is 9.58 Å². The zero-order valence-corrected chi connectivity index (χ0v) is 13.1. The van der Waals surface area contributed by atoms with Crippen LogP contribution < -0.4 is 0 Å². The molecule has 1 aliphatic heterocycles. The summed E-state index contributed by atoms with van der Waals surface area (Å²) in [6, 6.07) is 9.80. The van der Waals surface area contributed by atoms with Crippen LogP contribution in [0, 0.1) is 0 Å². The third-order valence-corrected chi connectivity index (χ3v) is 4.28. The standard InChI is InChI=1S/C17H23N3O2/c1-17(15-10-18-19(2)11-15)13-20(8-9-22-17)12-16(21)14-6-4-3-5-7-14/h3-7,10-11,16,21H,8-9,12-13H2,1-2H3. The first kappa shape index (κ1) is 15.2. The van der Waals surface area contributed by atoms with Crippen LogP contribution in [0.4, 0.5) is 0 Å². The molecule has 2 heterocycles. The van der Waals surface area contributed by atoms with Gasteiger partial charge < -0.3 is 9.84 Å². The van der Waals surface area contributed by atoms with Gasteiger partial charge in [0.05, 0.1) is 18.9 Å². The molecule has 5 heteroatoms. The van der Waals surface area contributed by atoms with Gasteiger partial charge in [0.25, 0.3) is 0 Å². The van der Waals surface area contributed by atoms with E-state index in [1.807, 2.05) is 49.8 Å². The number of aryl methyl sites for hydroxylation is 1. The number of morpholine rings is 1. The van der Waals surface area contributed by atoms with Crippen LogP contribution >= 0.6 is 0 Å². The Labute approximate surface area is 131 Å². The lowest BCUT2D eigenvalue weighted by atomic mass is 9.96. The highest BCUT2D eigenvalue weighted by atomic mass is 16.5. The molecule has 0 amide bonds. The molecule has 0 spiro atoms. The van der Waals surface area contributed by atoms with Crippen LogP contribution in [0.5, 0.6) is 0 Å². The van der Waals surface area contributed by atoms with Crippen LogP contribution in [0.15, 0.2) is 42.7 Å². The molecule has 1 fully saturated rings. The smallest absolute Gasteiger partial charge is 0.106 e. The number of rotatable bonds is 4. The Hall–Kier alpha value is -1.69. The summed E-state index contributed by atoms with van der Waals surface area (Å²) in [5, 5.41) is 14.7. The summed E-state index contributed by atoms with van der Waals surface area (Å²) in [5.74, 6) is 0. The second kappa shape index (κ2) is 6.20. The summed E-state index contributed by atoms with van der Waals surface area (Å²) in [6.45, 7) is 4.95. The van der Waals surface area contributed by atoms with Crippen LogP contribution in [-0.2, 0) is 17.4 Å². The van der Waals surface area contributed by atoms with Crippen LogP contribution in [0.1, 0.15) is 24.2 Å². The maximum Gasteiger partial charge on any atom is 0.106 e. The number of β-amino-alcohol motifs (C(OH)–C–C–N with tert-alkyl or cyclic N) is 1. The van der Waals surface area contributed by atoms with Crippen LogP contribution in [0.3, 0.4) is 0 Å². The molecule has 1 saturated heterocycles. The minimum atomic E-state index is -0.475. The third-order valence-electron chi connectivity index (χ3n) is 4.28. The first-order chi connectivity index (χ1) is 10.6. The number of hydrogen-bond donors (Lipinski definition) is 1. The Morgan fingerprint density at radius 2 is 2.14 bits per heavy atom. The van der Waals surface area contributed by atoms with Gasteiger partial charge in [0, 0.05) is 38.4 Å². The van der Waals surface area contributed by atoms with E-state index in [0.29, 0.717) is 13.2 Å². The quantitative estimate of drug-likeness (QED) is 0.934. The molecule has 0 radical (unpaired) electrons. The molecule has 1 aromatic carbocycles. The van der Waals surface area contributed by atoms with E-state index in [0.717, 1.165) is 24.2 Å². The number of aromatic nitrogens is 2. The Morgan fingerprint density at radius 3 is 2.82 bits per heavy atom. The highest BCUT2D eigenvalue weighted by Crippen LogP contribution is 2.29. The van der Waals surface area contributed by atoms with E-state index < -0.39 is 6.10 Å². The van der Waals surface area contributed by atoms with Crippen molar-refractivity contribution in [3.05, 3.63) is 53.9 Å². The Kier molecular flexibility index (Phi) is 4.29. The zero-order chi connectivity index (χ0) is 15.6. The predicted octanol–water partition coefficient (Wildman–Crippen LogP) is 1.70. The molecule has 0 bridgehead atoms. The maximum atomic E-state index is 10.4. The molecule has 22 heavy (non-hydrogen) atoms. The van der Waals surface area contributed by atoms with Crippen molar-refractivity contribution in [2.45, 2.75) is 18.6 Å². The van der Waals surface area contributed by atoms with Crippen molar-refractivity contribution in [2.24, 2.45) is 7.05 Å². The normalized spacial score (nSPS) is 24.3. The van der Waals surface area contributed by atoms with Crippen LogP contribution in [0.25, 0.3) is 0 Å². The molecular formula is C17H23N3O2. The highest BCUT2D eigenvalue weighted by Gasteiger charge is 2.35. The monoisotopic (exact) mass is 301 g/mol. The van der Waals surface area contributed by atoms with Gasteiger partial charge in [0.1, 0.15) is 5.60 Å². The number of ether oxygens (including phenoxy) is 1. The molecule has 1 N–H and O–H groups in total. The lowest BCUT2D eigenvalue weighted by Gasteiger charge is -2.40. The number of nitrogens with zero attached hydrogens (tertiary/aromatic N) is 3. The largest absolute Gasteiger partial charge is 0.387 e. The first-order valence-electron chi connectivity index (χ1n) is 7.65. The zero-order valence-electron chi connectivity index (χ0n) is 13.1. The van der Waals surface area contributed by atoms with E-state index in [-0.39, 0.29) is 5.60 Å². The summed E-state index contributed by atoms with van der Waals surface area (Å²) in [4.78, 5) is 2.26. The van der Waals surface area contributed by atoms with E-state index in [9.17, 15) is 5.11 Å². The molecule has 1 aliphatic rings. The van der Waals surface area contributed by atoms with E-state index in [1.54, 1.807) is 4.68 Å².